The van der Waals surface area contributed by atoms with E-state index >= 15 is 0 Å². The summed E-state index contributed by atoms with van der Waals surface area (Å²) in [7, 11) is 4.01. The first-order valence-electron chi connectivity index (χ1n) is 6.96. The van der Waals surface area contributed by atoms with Crippen LogP contribution in [0.4, 0.5) is 11.4 Å². The molecule has 1 unspecified atom stereocenters. The van der Waals surface area contributed by atoms with Gasteiger partial charge in [0.25, 0.3) is 0 Å². The van der Waals surface area contributed by atoms with Gasteiger partial charge in [0.1, 0.15) is 0 Å². The molecule has 104 valence electrons. The average Bonchev–Trinajstić information content (AvgIpc) is 2.77. The Kier molecular flexibility index (Phi) is 4.43. The number of anilines is 2. The number of carbonyl (C=O) groups excluding carboxylic acids is 1. The van der Waals surface area contributed by atoms with E-state index in [2.05, 4.69) is 23.2 Å². The van der Waals surface area contributed by atoms with E-state index in [0.29, 0.717) is 0 Å². The second-order valence-corrected chi connectivity index (χ2v) is 5.17. The number of hydrogen-bond donors (Lipinski definition) is 1. The molecule has 1 atom stereocenters. The quantitative estimate of drug-likeness (QED) is 0.878. The SMILES string of the molecule is CCCNC1CCN(c2ccccc2N(C)C)C1=O. The maximum Gasteiger partial charge on any atom is 0.244 e. The van der Waals surface area contributed by atoms with Crippen LogP contribution < -0.4 is 15.1 Å². The molecule has 0 spiro atoms. The molecule has 19 heavy (non-hydrogen) atoms. The average molecular weight is 261 g/mol. The van der Waals surface area contributed by atoms with Gasteiger partial charge in [-0.3, -0.25) is 4.79 Å². The molecule has 0 aliphatic carbocycles. The summed E-state index contributed by atoms with van der Waals surface area (Å²) >= 11 is 0. The number of amides is 1. The van der Waals surface area contributed by atoms with Crippen molar-refractivity contribution >= 4 is 17.3 Å². The van der Waals surface area contributed by atoms with E-state index in [-0.39, 0.29) is 11.9 Å². The minimum atomic E-state index is -0.0184. The van der Waals surface area contributed by atoms with Crippen LogP contribution in [0.1, 0.15) is 19.8 Å². The van der Waals surface area contributed by atoms with Crippen molar-refractivity contribution in [1.29, 1.82) is 0 Å². The van der Waals surface area contributed by atoms with Crippen LogP contribution in [-0.4, -0.2) is 39.1 Å². The monoisotopic (exact) mass is 261 g/mol. The van der Waals surface area contributed by atoms with Gasteiger partial charge in [0.2, 0.25) is 5.91 Å². The first-order chi connectivity index (χ1) is 9.15. The molecular weight excluding hydrogens is 238 g/mol. The summed E-state index contributed by atoms with van der Waals surface area (Å²) in [5.74, 6) is 0.197. The summed E-state index contributed by atoms with van der Waals surface area (Å²) < 4.78 is 0. The molecule has 1 heterocycles. The second-order valence-electron chi connectivity index (χ2n) is 5.17. The van der Waals surface area contributed by atoms with Crippen molar-refractivity contribution in [3.8, 4) is 0 Å². The molecule has 4 nitrogen and oxygen atoms in total. The Labute approximate surface area is 115 Å². The fourth-order valence-corrected chi connectivity index (χ4v) is 2.50. The smallest absolute Gasteiger partial charge is 0.244 e. The first-order valence-corrected chi connectivity index (χ1v) is 6.96. The van der Waals surface area contributed by atoms with E-state index < -0.39 is 0 Å². The third-order valence-electron chi connectivity index (χ3n) is 3.50. The predicted octanol–water partition coefficient (Wildman–Crippen LogP) is 1.86. The van der Waals surface area contributed by atoms with Crippen molar-refractivity contribution < 1.29 is 4.79 Å². The van der Waals surface area contributed by atoms with Crippen LogP contribution in [0.15, 0.2) is 24.3 Å². The lowest BCUT2D eigenvalue weighted by atomic mass is 10.2. The number of carbonyl (C=O) groups is 1. The zero-order valence-electron chi connectivity index (χ0n) is 12.0. The van der Waals surface area contributed by atoms with E-state index in [9.17, 15) is 4.79 Å². The minimum Gasteiger partial charge on any atom is -0.376 e. The molecule has 2 rings (SSSR count). The third-order valence-corrected chi connectivity index (χ3v) is 3.50. The Morgan fingerprint density at radius 2 is 2.11 bits per heavy atom. The Morgan fingerprint density at radius 3 is 2.79 bits per heavy atom. The van der Waals surface area contributed by atoms with Crippen LogP contribution in [0, 0.1) is 0 Å². The van der Waals surface area contributed by atoms with Gasteiger partial charge >= 0.3 is 0 Å². The summed E-state index contributed by atoms with van der Waals surface area (Å²) in [6, 6.07) is 8.05. The molecule has 1 aromatic rings. The van der Waals surface area contributed by atoms with Gasteiger partial charge < -0.3 is 15.1 Å². The van der Waals surface area contributed by atoms with E-state index in [1.165, 1.54) is 0 Å². The fraction of sp³-hybridized carbons (Fsp3) is 0.533. The topological polar surface area (TPSA) is 35.6 Å². The third kappa shape index (κ3) is 2.89. The standard InChI is InChI=1S/C15H23N3O/c1-4-10-16-12-9-11-18(15(12)19)14-8-6-5-7-13(14)17(2)3/h5-8,12,16H,4,9-11H2,1-3H3. The van der Waals surface area contributed by atoms with Gasteiger partial charge in [-0.25, -0.2) is 0 Å². The number of nitrogens with zero attached hydrogens (tertiary/aromatic N) is 2. The molecule has 0 saturated carbocycles. The Morgan fingerprint density at radius 1 is 1.37 bits per heavy atom. The van der Waals surface area contributed by atoms with Crippen LogP contribution in [-0.2, 0) is 4.79 Å². The van der Waals surface area contributed by atoms with Gasteiger partial charge in [-0.2, -0.15) is 0 Å². The maximum absolute atomic E-state index is 12.4. The van der Waals surface area contributed by atoms with E-state index in [1.54, 1.807) is 0 Å². The van der Waals surface area contributed by atoms with Gasteiger partial charge in [-0.1, -0.05) is 19.1 Å². The number of benzene rings is 1. The second kappa shape index (κ2) is 6.06. The largest absolute Gasteiger partial charge is 0.376 e. The summed E-state index contributed by atoms with van der Waals surface area (Å²) in [6.45, 7) is 3.82. The maximum atomic E-state index is 12.4. The molecule has 1 aliphatic heterocycles. The van der Waals surface area contributed by atoms with Gasteiger partial charge in [0, 0.05) is 20.6 Å². The van der Waals surface area contributed by atoms with Crippen molar-refractivity contribution in [2.75, 3.05) is 37.0 Å². The molecule has 1 fully saturated rings. The highest BCUT2D eigenvalue weighted by molar-refractivity contribution is 6.02. The van der Waals surface area contributed by atoms with Gasteiger partial charge in [-0.05, 0) is 31.5 Å². The number of nitrogens with one attached hydrogen (secondary N) is 1. The lowest BCUT2D eigenvalue weighted by molar-refractivity contribution is -0.118. The van der Waals surface area contributed by atoms with Crippen LogP contribution in [0.3, 0.4) is 0 Å². The molecule has 1 aromatic carbocycles. The van der Waals surface area contributed by atoms with Crippen molar-refractivity contribution in [2.45, 2.75) is 25.8 Å². The van der Waals surface area contributed by atoms with Crippen molar-refractivity contribution in [3.05, 3.63) is 24.3 Å². The predicted molar refractivity (Wildman–Crippen MR) is 79.8 cm³/mol. The zero-order valence-corrected chi connectivity index (χ0v) is 12.0. The number of rotatable bonds is 5. The molecule has 1 aliphatic rings. The Hall–Kier alpha value is -1.55. The van der Waals surface area contributed by atoms with Crippen LogP contribution in [0.25, 0.3) is 0 Å². The number of para-hydroxylation sites is 2. The molecule has 0 bridgehead atoms. The summed E-state index contributed by atoms with van der Waals surface area (Å²) in [5.41, 5.74) is 2.10. The zero-order chi connectivity index (χ0) is 13.8. The van der Waals surface area contributed by atoms with E-state index in [0.717, 1.165) is 37.3 Å². The van der Waals surface area contributed by atoms with Crippen LogP contribution >= 0.6 is 0 Å². The Balaban J connectivity index is 2.17. The molecule has 0 radical (unpaired) electrons. The summed E-state index contributed by atoms with van der Waals surface area (Å²) in [6.07, 6.45) is 1.94. The van der Waals surface area contributed by atoms with Crippen molar-refractivity contribution in [3.63, 3.8) is 0 Å². The highest BCUT2D eigenvalue weighted by Gasteiger charge is 2.33. The molecule has 0 aromatic heterocycles. The molecule has 1 N–H and O–H groups in total. The van der Waals surface area contributed by atoms with Gasteiger partial charge in [0.15, 0.2) is 0 Å². The van der Waals surface area contributed by atoms with E-state index in [4.69, 9.17) is 0 Å². The molecule has 1 saturated heterocycles. The lowest BCUT2D eigenvalue weighted by Gasteiger charge is -2.24. The Bertz CT molecular complexity index is 445. The minimum absolute atomic E-state index is 0.0184. The highest BCUT2D eigenvalue weighted by Crippen LogP contribution is 2.30. The lowest BCUT2D eigenvalue weighted by Crippen LogP contribution is -2.39. The van der Waals surface area contributed by atoms with Crippen molar-refractivity contribution in [1.82, 2.24) is 5.32 Å². The van der Waals surface area contributed by atoms with Crippen LogP contribution in [0.5, 0.6) is 0 Å². The van der Waals surface area contributed by atoms with Gasteiger partial charge in [0.05, 0.1) is 17.4 Å². The van der Waals surface area contributed by atoms with Crippen molar-refractivity contribution in [2.24, 2.45) is 0 Å². The van der Waals surface area contributed by atoms with E-state index in [1.807, 2.05) is 37.2 Å². The summed E-state index contributed by atoms with van der Waals surface area (Å²) in [4.78, 5) is 16.4. The number of hydrogen-bond acceptors (Lipinski definition) is 3. The normalized spacial score (nSPS) is 19.0. The highest BCUT2D eigenvalue weighted by atomic mass is 16.2. The molecular formula is C15H23N3O. The molecule has 4 heteroatoms. The van der Waals surface area contributed by atoms with Crippen LogP contribution in [0.2, 0.25) is 0 Å². The summed E-state index contributed by atoms with van der Waals surface area (Å²) in [5, 5.41) is 3.32. The first kappa shape index (κ1) is 13.9. The molecule has 1 amide bonds. The fourth-order valence-electron chi connectivity index (χ4n) is 2.50. The van der Waals surface area contributed by atoms with Gasteiger partial charge in [-0.15, -0.1) is 0 Å².